The zero-order valence-corrected chi connectivity index (χ0v) is 7.45. The average Bonchev–Trinajstić information content (AvgIpc) is 2.32. The summed E-state index contributed by atoms with van der Waals surface area (Å²) in [4.78, 5) is 2.50. The second kappa shape index (κ2) is 3.19. The number of hydrogen-bond donors (Lipinski definition) is 1. The lowest BCUT2D eigenvalue weighted by Crippen LogP contribution is -2.44. The molecule has 2 rings (SSSR count). The van der Waals surface area contributed by atoms with Gasteiger partial charge in [0.2, 0.25) is 0 Å². The second-order valence-electron chi connectivity index (χ2n) is 4.00. The van der Waals surface area contributed by atoms with Crippen molar-refractivity contribution in [2.75, 3.05) is 6.54 Å². The first-order valence-electron chi connectivity index (χ1n) is 4.86. The van der Waals surface area contributed by atoms with Crippen molar-refractivity contribution in [3.05, 3.63) is 12.7 Å². The Kier molecular flexibility index (Phi) is 2.20. The molecule has 0 aliphatic carbocycles. The van der Waals surface area contributed by atoms with Crippen LogP contribution in [0, 0.1) is 0 Å². The van der Waals surface area contributed by atoms with Crippen molar-refractivity contribution in [2.45, 2.75) is 43.9 Å². The highest BCUT2D eigenvalue weighted by molar-refractivity contribution is 4.97. The lowest BCUT2D eigenvalue weighted by Gasteiger charge is -2.36. The summed E-state index contributed by atoms with van der Waals surface area (Å²) in [6.07, 6.45) is 6.44. The van der Waals surface area contributed by atoms with E-state index in [2.05, 4.69) is 11.5 Å². The van der Waals surface area contributed by atoms with E-state index in [1.54, 1.807) is 0 Å². The van der Waals surface area contributed by atoms with E-state index in [9.17, 15) is 5.11 Å². The van der Waals surface area contributed by atoms with Gasteiger partial charge in [0.05, 0.1) is 6.10 Å². The Hall–Kier alpha value is -0.340. The molecule has 0 aromatic heterocycles. The van der Waals surface area contributed by atoms with Gasteiger partial charge in [-0.05, 0) is 25.7 Å². The van der Waals surface area contributed by atoms with Gasteiger partial charge >= 0.3 is 0 Å². The van der Waals surface area contributed by atoms with Crippen LogP contribution in [-0.2, 0) is 0 Å². The van der Waals surface area contributed by atoms with Gasteiger partial charge in [0.15, 0.2) is 0 Å². The molecule has 2 heteroatoms. The summed E-state index contributed by atoms with van der Waals surface area (Å²) in [7, 11) is 0. The van der Waals surface area contributed by atoms with E-state index in [1.165, 1.54) is 12.8 Å². The van der Waals surface area contributed by atoms with Crippen LogP contribution in [0.15, 0.2) is 12.7 Å². The molecule has 0 radical (unpaired) electrons. The Bertz CT molecular complexity index is 167. The first-order chi connectivity index (χ1) is 5.81. The molecule has 2 nitrogen and oxygen atoms in total. The molecular formula is C10H17NO. The van der Waals surface area contributed by atoms with Crippen molar-refractivity contribution in [1.82, 2.24) is 4.90 Å². The molecule has 0 aromatic rings. The molecule has 2 unspecified atom stereocenters. The fraction of sp³-hybridized carbons (Fsp3) is 0.800. The quantitative estimate of drug-likeness (QED) is 0.624. The van der Waals surface area contributed by atoms with Crippen LogP contribution in [0.2, 0.25) is 0 Å². The number of aliphatic hydroxyl groups excluding tert-OH is 1. The first-order valence-corrected chi connectivity index (χ1v) is 4.86. The van der Waals surface area contributed by atoms with Gasteiger partial charge in [-0.3, -0.25) is 4.90 Å². The predicted octanol–water partition coefficient (Wildman–Crippen LogP) is 1.16. The highest BCUT2D eigenvalue weighted by atomic mass is 16.3. The molecule has 2 saturated heterocycles. The van der Waals surface area contributed by atoms with Crippen LogP contribution in [0.3, 0.4) is 0 Å². The molecule has 2 bridgehead atoms. The average molecular weight is 167 g/mol. The van der Waals surface area contributed by atoms with Gasteiger partial charge in [-0.1, -0.05) is 6.08 Å². The minimum atomic E-state index is -0.0384. The third-order valence-electron chi connectivity index (χ3n) is 3.20. The minimum absolute atomic E-state index is 0.0384. The normalized spacial score (nSPS) is 41.6. The van der Waals surface area contributed by atoms with Crippen LogP contribution in [0.4, 0.5) is 0 Å². The molecule has 0 aromatic carbocycles. The van der Waals surface area contributed by atoms with Gasteiger partial charge in [0.1, 0.15) is 0 Å². The number of nitrogens with zero attached hydrogens (tertiary/aromatic N) is 1. The van der Waals surface area contributed by atoms with Crippen molar-refractivity contribution >= 4 is 0 Å². The smallest absolute Gasteiger partial charge is 0.0570 e. The number of hydrogen-bond acceptors (Lipinski definition) is 2. The Balaban J connectivity index is 2.03. The molecule has 0 saturated carbocycles. The molecule has 68 valence electrons. The number of fused-ring (bicyclic) bond motifs is 2. The van der Waals surface area contributed by atoms with Gasteiger partial charge in [-0.15, -0.1) is 6.58 Å². The molecule has 1 N–H and O–H groups in total. The van der Waals surface area contributed by atoms with E-state index in [1.807, 2.05) is 6.08 Å². The molecule has 0 spiro atoms. The molecular weight excluding hydrogens is 150 g/mol. The summed E-state index contributed by atoms with van der Waals surface area (Å²) < 4.78 is 0. The molecule has 2 atom stereocenters. The maximum atomic E-state index is 9.52. The standard InChI is InChI=1S/C10H17NO/c1-2-5-11-8-3-4-9(11)7-10(12)6-8/h2,8-10,12H,1,3-7H2. The van der Waals surface area contributed by atoms with E-state index in [4.69, 9.17) is 0 Å². The van der Waals surface area contributed by atoms with Crippen LogP contribution in [0.5, 0.6) is 0 Å². The summed E-state index contributed by atoms with van der Waals surface area (Å²) in [6.45, 7) is 4.77. The SMILES string of the molecule is C=CCN1C2CCC1CC(O)C2. The maximum Gasteiger partial charge on any atom is 0.0570 e. The van der Waals surface area contributed by atoms with E-state index < -0.39 is 0 Å². The van der Waals surface area contributed by atoms with Crippen molar-refractivity contribution < 1.29 is 5.11 Å². The number of piperidine rings is 1. The highest BCUT2D eigenvalue weighted by Crippen LogP contribution is 2.35. The molecule has 12 heavy (non-hydrogen) atoms. The van der Waals surface area contributed by atoms with E-state index >= 15 is 0 Å². The monoisotopic (exact) mass is 167 g/mol. The van der Waals surface area contributed by atoms with Gasteiger partial charge in [0.25, 0.3) is 0 Å². The summed E-state index contributed by atoms with van der Waals surface area (Å²) in [5, 5.41) is 9.52. The first kappa shape index (κ1) is 8.27. The number of aliphatic hydroxyl groups is 1. The fourth-order valence-corrected chi connectivity index (χ4v) is 2.69. The van der Waals surface area contributed by atoms with E-state index in [0.29, 0.717) is 12.1 Å². The molecule has 2 aliphatic heterocycles. The summed E-state index contributed by atoms with van der Waals surface area (Å²) in [5.74, 6) is 0. The zero-order chi connectivity index (χ0) is 8.55. The third kappa shape index (κ3) is 1.29. The minimum Gasteiger partial charge on any atom is -0.393 e. The molecule has 2 heterocycles. The van der Waals surface area contributed by atoms with Crippen molar-refractivity contribution in [3.63, 3.8) is 0 Å². The van der Waals surface area contributed by atoms with Crippen LogP contribution in [0.25, 0.3) is 0 Å². The zero-order valence-electron chi connectivity index (χ0n) is 7.45. The Morgan fingerprint density at radius 2 is 1.92 bits per heavy atom. The van der Waals surface area contributed by atoms with Crippen molar-refractivity contribution in [1.29, 1.82) is 0 Å². The summed E-state index contributed by atoms with van der Waals surface area (Å²) in [6, 6.07) is 1.27. The number of rotatable bonds is 2. The van der Waals surface area contributed by atoms with Crippen LogP contribution >= 0.6 is 0 Å². The van der Waals surface area contributed by atoms with E-state index in [-0.39, 0.29) is 6.10 Å². The fourth-order valence-electron chi connectivity index (χ4n) is 2.69. The van der Waals surface area contributed by atoms with Crippen LogP contribution < -0.4 is 0 Å². The Morgan fingerprint density at radius 1 is 1.33 bits per heavy atom. The maximum absolute atomic E-state index is 9.52. The van der Waals surface area contributed by atoms with Crippen LogP contribution in [-0.4, -0.2) is 34.7 Å². The Morgan fingerprint density at radius 3 is 2.42 bits per heavy atom. The molecule has 2 aliphatic rings. The van der Waals surface area contributed by atoms with Crippen molar-refractivity contribution in [3.8, 4) is 0 Å². The van der Waals surface area contributed by atoms with Gasteiger partial charge in [-0.2, -0.15) is 0 Å². The molecule has 0 amide bonds. The lowest BCUT2D eigenvalue weighted by atomic mass is 10.00. The van der Waals surface area contributed by atoms with Gasteiger partial charge in [-0.25, -0.2) is 0 Å². The van der Waals surface area contributed by atoms with E-state index in [0.717, 1.165) is 19.4 Å². The Labute approximate surface area is 73.9 Å². The molecule has 2 fully saturated rings. The highest BCUT2D eigenvalue weighted by Gasteiger charge is 2.39. The largest absolute Gasteiger partial charge is 0.393 e. The predicted molar refractivity (Wildman–Crippen MR) is 49.0 cm³/mol. The van der Waals surface area contributed by atoms with Gasteiger partial charge < -0.3 is 5.11 Å². The topological polar surface area (TPSA) is 23.5 Å². The third-order valence-corrected chi connectivity index (χ3v) is 3.20. The second-order valence-corrected chi connectivity index (χ2v) is 4.00. The lowest BCUT2D eigenvalue weighted by molar-refractivity contribution is 0.0422. The van der Waals surface area contributed by atoms with Gasteiger partial charge in [0, 0.05) is 18.6 Å². The summed E-state index contributed by atoms with van der Waals surface area (Å²) >= 11 is 0. The summed E-state index contributed by atoms with van der Waals surface area (Å²) in [5.41, 5.74) is 0. The van der Waals surface area contributed by atoms with Crippen LogP contribution in [0.1, 0.15) is 25.7 Å². The van der Waals surface area contributed by atoms with Crippen molar-refractivity contribution in [2.24, 2.45) is 0 Å².